The summed E-state index contributed by atoms with van der Waals surface area (Å²) in [7, 11) is 0. The molecule has 0 radical (unpaired) electrons. The van der Waals surface area contributed by atoms with E-state index in [1.165, 1.54) is 5.56 Å². The zero-order valence-electron chi connectivity index (χ0n) is 13.5. The molecule has 0 atom stereocenters. The normalized spacial score (nSPS) is 10.7. The first-order valence-electron chi connectivity index (χ1n) is 7.70. The minimum atomic E-state index is 0.398. The molecule has 3 rings (SSSR count). The molecule has 3 aromatic rings. The van der Waals surface area contributed by atoms with Crippen molar-refractivity contribution >= 4 is 34.7 Å². The second-order valence-electron chi connectivity index (χ2n) is 5.67. The number of nitrogens with one attached hydrogen (secondary N) is 2. The molecular formula is C18H18ClN5. The van der Waals surface area contributed by atoms with Gasteiger partial charge < -0.3 is 10.6 Å². The molecule has 122 valence electrons. The standard InChI is InChI=1S/C18H18ClN5/c1-12(2)15-8-3-4-9-16(15)22-18-23-17(11-20-24-18)21-14-7-5-6-13(19)10-14/h3-12H,1-2H3,(H2,21,22,23,24). The maximum atomic E-state index is 6.00. The van der Waals surface area contributed by atoms with Gasteiger partial charge in [-0.3, -0.25) is 0 Å². The van der Waals surface area contributed by atoms with Crippen LogP contribution in [-0.4, -0.2) is 15.2 Å². The van der Waals surface area contributed by atoms with Crippen molar-refractivity contribution in [3.8, 4) is 0 Å². The van der Waals surface area contributed by atoms with E-state index in [9.17, 15) is 0 Å². The molecule has 0 aliphatic heterocycles. The van der Waals surface area contributed by atoms with E-state index < -0.39 is 0 Å². The van der Waals surface area contributed by atoms with Crippen LogP contribution < -0.4 is 10.6 Å². The quantitative estimate of drug-likeness (QED) is 0.674. The number of aromatic nitrogens is 3. The van der Waals surface area contributed by atoms with E-state index in [0.717, 1.165) is 11.4 Å². The van der Waals surface area contributed by atoms with Gasteiger partial charge >= 0.3 is 0 Å². The van der Waals surface area contributed by atoms with Crippen molar-refractivity contribution in [1.29, 1.82) is 0 Å². The van der Waals surface area contributed by atoms with Crippen LogP contribution in [0.25, 0.3) is 0 Å². The molecule has 1 aromatic heterocycles. The molecule has 2 N–H and O–H groups in total. The third-order valence-electron chi connectivity index (χ3n) is 3.49. The lowest BCUT2D eigenvalue weighted by atomic mass is 10.0. The lowest BCUT2D eigenvalue weighted by molar-refractivity contribution is 0.867. The summed E-state index contributed by atoms with van der Waals surface area (Å²) < 4.78 is 0. The zero-order chi connectivity index (χ0) is 16.9. The Kier molecular flexibility index (Phi) is 4.91. The number of hydrogen-bond acceptors (Lipinski definition) is 5. The van der Waals surface area contributed by atoms with E-state index in [-0.39, 0.29) is 0 Å². The molecule has 0 bridgehead atoms. The maximum Gasteiger partial charge on any atom is 0.249 e. The van der Waals surface area contributed by atoms with Gasteiger partial charge in [-0.15, -0.1) is 5.10 Å². The Morgan fingerprint density at radius 2 is 1.83 bits per heavy atom. The second-order valence-corrected chi connectivity index (χ2v) is 6.10. The van der Waals surface area contributed by atoms with Gasteiger partial charge in [-0.25, -0.2) is 0 Å². The molecule has 0 amide bonds. The Morgan fingerprint density at radius 1 is 1.00 bits per heavy atom. The summed E-state index contributed by atoms with van der Waals surface area (Å²) in [6, 6.07) is 15.5. The van der Waals surface area contributed by atoms with Crippen molar-refractivity contribution in [1.82, 2.24) is 15.2 Å². The monoisotopic (exact) mass is 339 g/mol. The summed E-state index contributed by atoms with van der Waals surface area (Å²) in [5.74, 6) is 1.43. The van der Waals surface area contributed by atoms with E-state index in [1.54, 1.807) is 6.20 Å². The predicted octanol–water partition coefficient (Wildman–Crippen LogP) is 5.14. The van der Waals surface area contributed by atoms with Crippen molar-refractivity contribution in [3.05, 3.63) is 65.3 Å². The molecule has 0 aliphatic rings. The third-order valence-corrected chi connectivity index (χ3v) is 3.72. The first-order valence-corrected chi connectivity index (χ1v) is 8.08. The predicted molar refractivity (Wildman–Crippen MR) is 98.4 cm³/mol. The van der Waals surface area contributed by atoms with E-state index in [2.05, 4.69) is 45.7 Å². The van der Waals surface area contributed by atoms with Crippen LogP contribution in [0.5, 0.6) is 0 Å². The van der Waals surface area contributed by atoms with Gasteiger partial charge in [0.1, 0.15) is 0 Å². The van der Waals surface area contributed by atoms with E-state index >= 15 is 0 Å². The van der Waals surface area contributed by atoms with Gasteiger partial charge in [0.25, 0.3) is 0 Å². The van der Waals surface area contributed by atoms with E-state index in [0.29, 0.717) is 22.7 Å². The van der Waals surface area contributed by atoms with Crippen LogP contribution in [0.2, 0.25) is 5.02 Å². The lowest BCUT2D eigenvalue weighted by Crippen LogP contribution is -2.04. The first-order chi connectivity index (χ1) is 11.6. The largest absolute Gasteiger partial charge is 0.339 e. The fraction of sp³-hybridized carbons (Fsp3) is 0.167. The number of rotatable bonds is 5. The highest BCUT2D eigenvalue weighted by molar-refractivity contribution is 6.30. The molecule has 6 heteroatoms. The Labute approximate surface area is 146 Å². The van der Waals surface area contributed by atoms with Crippen molar-refractivity contribution in [2.24, 2.45) is 0 Å². The number of hydrogen-bond donors (Lipinski definition) is 2. The average molecular weight is 340 g/mol. The molecule has 5 nitrogen and oxygen atoms in total. The minimum Gasteiger partial charge on any atom is -0.339 e. The number of anilines is 4. The van der Waals surface area contributed by atoms with E-state index in [4.69, 9.17) is 11.6 Å². The smallest absolute Gasteiger partial charge is 0.249 e. The van der Waals surface area contributed by atoms with Crippen molar-refractivity contribution in [2.75, 3.05) is 10.6 Å². The van der Waals surface area contributed by atoms with Crippen molar-refractivity contribution < 1.29 is 0 Å². The average Bonchev–Trinajstić information content (AvgIpc) is 2.55. The SMILES string of the molecule is CC(C)c1ccccc1Nc1nncc(Nc2cccc(Cl)c2)n1. The van der Waals surface area contributed by atoms with Crippen LogP contribution in [0.15, 0.2) is 54.7 Å². The fourth-order valence-electron chi connectivity index (χ4n) is 2.37. The van der Waals surface area contributed by atoms with Gasteiger partial charge in [-0.2, -0.15) is 10.1 Å². The highest BCUT2D eigenvalue weighted by Gasteiger charge is 2.08. The van der Waals surface area contributed by atoms with Crippen molar-refractivity contribution in [3.63, 3.8) is 0 Å². The molecule has 0 fully saturated rings. The Morgan fingerprint density at radius 3 is 2.62 bits per heavy atom. The van der Waals surface area contributed by atoms with Crippen LogP contribution in [-0.2, 0) is 0 Å². The van der Waals surface area contributed by atoms with Gasteiger partial charge in [-0.05, 0) is 35.7 Å². The molecule has 0 saturated carbocycles. The van der Waals surface area contributed by atoms with Crippen LogP contribution in [0.4, 0.5) is 23.1 Å². The molecule has 0 saturated heterocycles. The molecule has 24 heavy (non-hydrogen) atoms. The summed E-state index contributed by atoms with van der Waals surface area (Å²) in [4.78, 5) is 4.45. The molecular weight excluding hydrogens is 322 g/mol. The maximum absolute atomic E-state index is 6.00. The Hall–Kier alpha value is -2.66. The number of benzene rings is 2. The molecule has 0 aliphatic carbocycles. The molecule has 1 heterocycles. The number of halogens is 1. The van der Waals surface area contributed by atoms with Gasteiger partial charge in [0.05, 0.1) is 6.20 Å². The molecule has 2 aromatic carbocycles. The minimum absolute atomic E-state index is 0.398. The van der Waals surface area contributed by atoms with Crippen LogP contribution in [0, 0.1) is 0 Å². The van der Waals surface area contributed by atoms with Crippen LogP contribution >= 0.6 is 11.6 Å². The van der Waals surface area contributed by atoms with Gasteiger partial charge in [0.15, 0.2) is 5.82 Å². The van der Waals surface area contributed by atoms with Gasteiger partial charge in [0, 0.05) is 16.4 Å². The number of para-hydroxylation sites is 1. The lowest BCUT2D eigenvalue weighted by Gasteiger charge is -2.13. The zero-order valence-corrected chi connectivity index (χ0v) is 14.2. The fourth-order valence-corrected chi connectivity index (χ4v) is 2.56. The summed E-state index contributed by atoms with van der Waals surface area (Å²) in [6.07, 6.45) is 1.57. The summed E-state index contributed by atoms with van der Waals surface area (Å²) in [6.45, 7) is 4.30. The van der Waals surface area contributed by atoms with Crippen LogP contribution in [0.3, 0.4) is 0 Å². The number of nitrogens with zero attached hydrogens (tertiary/aromatic N) is 3. The third kappa shape index (κ3) is 4.00. The molecule has 0 unspecified atom stereocenters. The Bertz CT molecular complexity index is 835. The highest BCUT2D eigenvalue weighted by Crippen LogP contribution is 2.26. The Balaban J connectivity index is 1.81. The highest BCUT2D eigenvalue weighted by atomic mass is 35.5. The topological polar surface area (TPSA) is 62.7 Å². The van der Waals surface area contributed by atoms with Crippen LogP contribution in [0.1, 0.15) is 25.3 Å². The first kappa shape index (κ1) is 16.2. The summed E-state index contributed by atoms with van der Waals surface area (Å²) in [5, 5.41) is 15.1. The van der Waals surface area contributed by atoms with Gasteiger partial charge in [-0.1, -0.05) is 49.7 Å². The van der Waals surface area contributed by atoms with E-state index in [1.807, 2.05) is 42.5 Å². The summed E-state index contributed by atoms with van der Waals surface area (Å²) in [5.41, 5.74) is 3.03. The van der Waals surface area contributed by atoms with Crippen molar-refractivity contribution in [2.45, 2.75) is 19.8 Å². The molecule has 0 spiro atoms. The second kappa shape index (κ2) is 7.27. The summed E-state index contributed by atoms with van der Waals surface area (Å²) >= 11 is 6.00. The van der Waals surface area contributed by atoms with Gasteiger partial charge in [0.2, 0.25) is 5.95 Å².